The third-order valence-electron chi connectivity index (χ3n) is 6.19. The second-order valence-corrected chi connectivity index (χ2v) is 12.9. The molecular weight excluding hydrogens is 522 g/mol. The van der Waals surface area contributed by atoms with Crippen LogP contribution in [0.15, 0.2) is 47.4 Å². The Balaban J connectivity index is 2.03. The second kappa shape index (κ2) is 11.3. The van der Waals surface area contributed by atoms with Gasteiger partial charge in [-0.15, -0.1) is 0 Å². The topological polar surface area (TPSA) is 143 Å². The fraction of sp³-hybridized carbons (Fsp3) is 0.458. The minimum absolute atomic E-state index is 0.000129. The summed E-state index contributed by atoms with van der Waals surface area (Å²) < 4.78 is 65.4. The van der Waals surface area contributed by atoms with Gasteiger partial charge in [0.1, 0.15) is 11.9 Å². The molecule has 204 valence electrons. The fourth-order valence-corrected chi connectivity index (χ4v) is 5.76. The van der Waals surface area contributed by atoms with Gasteiger partial charge in [0, 0.05) is 19.5 Å². The number of hydrogen-bond acceptors (Lipinski definition) is 8. The van der Waals surface area contributed by atoms with Crippen LogP contribution in [0.2, 0.25) is 0 Å². The highest BCUT2D eigenvalue weighted by atomic mass is 32.2. The van der Waals surface area contributed by atoms with Gasteiger partial charge in [-0.1, -0.05) is 13.0 Å². The molecule has 0 radical (unpaired) electrons. The standard InChI is InChI=1S/C24H33N3O8S2/c1-16-13-27(17(2)15-28)24(29)20-7-6-8-21(25-36(5,30)31)23(20)35-22(16)14-26(3)37(32,33)19-11-9-18(34-4)10-12-19/h6-12,16-17,22,25,28H,13-15H2,1-5H3/t16-,17-,22-/m0/s1. The van der Waals surface area contributed by atoms with Crippen LogP contribution in [0.25, 0.3) is 0 Å². The summed E-state index contributed by atoms with van der Waals surface area (Å²) >= 11 is 0. The Labute approximate surface area is 218 Å². The van der Waals surface area contributed by atoms with E-state index in [-0.39, 0.29) is 47.5 Å². The van der Waals surface area contributed by atoms with Crippen molar-refractivity contribution in [1.29, 1.82) is 0 Å². The zero-order valence-electron chi connectivity index (χ0n) is 21.4. The van der Waals surface area contributed by atoms with Crippen molar-refractivity contribution in [3.63, 3.8) is 0 Å². The third kappa shape index (κ3) is 6.53. The van der Waals surface area contributed by atoms with Crippen LogP contribution < -0.4 is 14.2 Å². The fourth-order valence-electron chi connectivity index (χ4n) is 4.02. The number of carbonyl (C=O) groups excluding carboxylic acids is 1. The maximum atomic E-state index is 13.4. The Morgan fingerprint density at radius 3 is 2.41 bits per heavy atom. The SMILES string of the molecule is COc1ccc(S(=O)(=O)N(C)C[C@@H]2Oc3c(NS(C)(=O)=O)cccc3C(=O)N([C@@H](C)CO)C[C@@H]2C)cc1. The summed E-state index contributed by atoms with van der Waals surface area (Å²) in [6.45, 7) is 3.32. The monoisotopic (exact) mass is 555 g/mol. The van der Waals surface area contributed by atoms with Gasteiger partial charge >= 0.3 is 0 Å². The van der Waals surface area contributed by atoms with Gasteiger partial charge in [-0.05, 0) is 43.3 Å². The molecule has 2 aromatic rings. The average Bonchev–Trinajstić information content (AvgIpc) is 2.85. The first-order chi connectivity index (χ1) is 17.3. The van der Waals surface area contributed by atoms with Crippen LogP contribution >= 0.6 is 0 Å². The molecule has 0 unspecified atom stereocenters. The van der Waals surface area contributed by atoms with Crippen LogP contribution in [-0.2, 0) is 20.0 Å². The molecule has 1 heterocycles. The molecule has 2 N–H and O–H groups in total. The van der Waals surface area contributed by atoms with E-state index >= 15 is 0 Å². The Kier molecular flexibility index (Phi) is 8.73. The minimum atomic E-state index is -3.90. The summed E-state index contributed by atoms with van der Waals surface area (Å²) in [5.41, 5.74) is 0.163. The highest BCUT2D eigenvalue weighted by molar-refractivity contribution is 7.92. The summed E-state index contributed by atoms with van der Waals surface area (Å²) in [4.78, 5) is 15.0. The number of fused-ring (bicyclic) bond motifs is 1. The smallest absolute Gasteiger partial charge is 0.258 e. The molecule has 1 aliphatic heterocycles. The summed E-state index contributed by atoms with van der Waals surface area (Å²) in [5.74, 6) is -0.298. The van der Waals surface area contributed by atoms with Crippen molar-refractivity contribution in [3.05, 3.63) is 48.0 Å². The third-order valence-corrected chi connectivity index (χ3v) is 8.62. The molecule has 0 fully saturated rings. The van der Waals surface area contributed by atoms with Crippen molar-refractivity contribution in [2.45, 2.75) is 30.9 Å². The number of nitrogens with zero attached hydrogens (tertiary/aromatic N) is 2. The van der Waals surface area contributed by atoms with Crippen molar-refractivity contribution in [2.75, 3.05) is 44.8 Å². The van der Waals surface area contributed by atoms with Crippen LogP contribution in [0, 0.1) is 5.92 Å². The van der Waals surface area contributed by atoms with Crippen molar-refractivity contribution < 1.29 is 36.2 Å². The number of rotatable bonds is 9. The molecule has 0 bridgehead atoms. The van der Waals surface area contributed by atoms with Crippen molar-refractivity contribution >= 4 is 31.6 Å². The summed E-state index contributed by atoms with van der Waals surface area (Å²) in [6, 6.07) is 9.95. The average molecular weight is 556 g/mol. The van der Waals surface area contributed by atoms with E-state index in [4.69, 9.17) is 9.47 Å². The van der Waals surface area contributed by atoms with Crippen LogP contribution in [0.4, 0.5) is 5.69 Å². The van der Waals surface area contributed by atoms with Crippen LogP contribution in [0.5, 0.6) is 11.5 Å². The summed E-state index contributed by atoms with van der Waals surface area (Å²) in [5, 5.41) is 9.78. The number of para-hydroxylation sites is 1. The summed E-state index contributed by atoms with van der Waals surface area (Å²) in [6.07, 6.45) is 0.216. The number of methoxy groups -OCH3 is 1. The second-order valence-electron chi connectivity index (χ2n) is 9.14. The highest BCUT2D eigenvalue weighted by Gasteiger charge is 2.36. The maximum Gasteiger partial charge on any atom is 0.258 e. The normalized spacial score (nSPS) is 19.4. The molecule has 13 heteroatoms. The van der Waals surface area contributed by atoms with E-state index in [0.717, 1.165) is 10.6 Å². The Hall–Kier alpha value is -2.87. The van der Waals surface area contributed by atoms with Crippen LogP contribution in [0.1, 0.15) is 24.2 Å². The number of hydrogen-bond donors (Lipinski definition) is 2. The van der Waals surface area contributed by atoms with E-state index in [2.05, 4.69) is 4.72 Å². The zero-order chi connectivity index (χ0) is 27.5. The number of aliphatic hydroxyl groups is 1. The number of ether oxygens (including phenoxy) is 2. The molecule has 1 amide bonds. The zero-order valence-corrected chi connectivity index (χ0v) is 23.0. The lowest BCUT2D eigenvalue weighted by molar-refractivity contribution is 0.0389. The number of likely N-dealkylation sites (N-methyl/N-ethyl adjacent to an activating group) is 1. The Bertz CT molecular complexity index is 1330. The van der Waals surface area contributed by atoms with Crippen molar-refractivity contribution in [1.82, 2.24) is 9.21 Å². The minimum Gasteiger partial charge on any atom is -0.497 e. The number of nitrogens with one attached hydrogen (secondary N) is 1. The highest BCUT2D eigenvalue weighted by Crippen LogP contribution is 2.35. The van der Waals surface area contributed by atoms with Crippen molar-refractivity contribution in [3.8, 4) is 11.5 Å². The largest absolute Gasteiger partial charge is 0.497 e. The quantitative estimate of drug-likeness (QED) is 0.475. The lowest BCUT2D eigenvalue weighted by atomic mass is 9.99. The van der Waals surface area contributed by atoms with Gasteiger partial charge in [0.15, 0.2) is 5.75 Å². The molecule has 2 aromatic carbocycles. The van der Waals surface area contributed by atoms with E-state index < -0.39 is 38.1 Å². The molecule has 1 aliphatic rings. The van der Waals surface area contributed by atoms with E-state index in [1.807, 2.05) is 0 Å². The number of benzene rings is 2. The number of amides is 1. The van der Waals surface area contributed by atoms with Gasteiger partial charge in [-0.25, -0.2) is 16.8 Å². The van der Waals surface area contributed by atoms with Crippen LogP contribution in [-0.4, -0.2) is 89.3 Å². The van der Waals surface area contributed by atoms with E-state index in [0.29, 0.717) is 5.75 Å². The first-order valence-corrected chi connectivity index (χ1v) is 14.9. The molecule has 11 nitrogen and oxygen atoms in total. The Morgan fingerprint density at radius 2 is 1.84 bits per heavy atom. The van der Waals surface area contributed by atoms with E-state index in [1.165, 1.54) is 49.4 Å². The molecule has 3 atom stereocenters. The van der Waals surface area contributed by atoms with Gasteiger partial charge in [0.05, 0.1) is 48.7 Å². The molecule has 37 heavy (non-hydrogen) atoms. The number of aliphatic hydroxyl groups excluding tert-OH is 1. The molecular formula is C24H33N3O8S2. The molecule has 0 saturated carbocycles. The molecule has 0 aromatic heterocycles. The first kappa shape index (κ1) is 28.7. The molecule has 0 spiro atoms. The molecule has 3 rings (SSSR count). The van der Waals surface area contributed by atoms with Gasteiger partial charge in [0.25, 0.3) is 5.91 Å². The summed E-state index contributed by atoms with van der Waals surface area (Å²) in [7, 11) is -4.71. The van der Waals surface area contributed by atoms with Gasteiger partial charge in [-0.3, -0.25) is 9.52 Å². The van der Waals surface area contributed by atoms with Crippen molar-refractivity contribution in [2.24, 2.45) is 5.92 Å². The Morgan fingerprint density at radius 1 is 1.19 bits per heavy atom. The predicted octanol–water partition coefficient (Wildman–Crippen LogP) is 1.61. The number of carbonyl (C=O) groups is 1. The lowest BCUT2D eigenvalue weighted by Gasteiger charge is -2.38. The maximum absolute atomic E-state index is 13.4. The number of anilines is 1. The molecule has 0 saturated heterocycles. The van der Waals surface area contributed by atoms with Gasteiger partial charge < -0.3 is 19.5 Å². The van der Waals surface area contributed by atoms with Crippen LogP contribution in [0.3, 0.4) is 0 Å². The number of sulfonamides is 2. The lowest BCUT2D eigenvalue weighted by Crippen LogP contribution is -2.50. The van der Waals surface area contributed by atoms with E-state index in [1.54, 1.807) is 26.0 Å². The van der Waals surface area contributed by atoms with E-state index in [9.17, 15) is 26.7 Å². The molecule has 0 aliphatic carbocycles. The first-order valence-electron chi connectivity index (χ1n) is 11.6. The van der Waals surface area contributed by atoms with Gasteiger partial charge in [0.2, 0.25) is 20.0 Å². The van der Waals surface area contributed by atoms with Gasteiger partial charge in [-0.2, -0.15) is 4.31 Å². The predicted molar refractivity (Wildman–Crippen MR) is 139 cm³/mol.